The second-order valence-electron chi connectivity index (χ2n) is 2.03. The van der Waals surface area contributed by atoms with Gasteiger partial charge in [0.05, 0.1) is 5.56 Å². The van der Waals surface area contributed by atoms with Gasteiger partial charge in [0.15, 0.2) is 0 Å². The van der Waals surface area contributed by atoms with Crippen molar-refractivity contribution >= 4 is 12.1 Å². The minimum absolute atomic E-state index is 0.131. The van der Waals surface area contributed by atoms with E-state index in [0.29, 0.717) is 0 Å². The Balaban J connectivity index is 2.65. The van der Waals surface area contributed by atoms with Gasteiger partial charge in [0.1, 0.15) is 0 Å². The summed E-state index contributed by atoms with van der Waals surface area (Å²) in [5.41, 5.74) is 1.29. The van der Waals surface area contributed by atoms with E-state index in [0.717, 1.165) is 5.48 Å². The van der Waals surface area contributed by atoms with Gasteiger partial charge in [0.2, 0.25) is 0 Å². The summed E-state index contributed by atoms with van der Waals surface area (Å²) >= 11 is 0. The molecule has 68 valence electrons. The molecule has 1 heterocycles. The Labute approximate surface area is 73.1 Å². The quantitative estimate of drug-likeness (QED) is 0.283. The van der Waals surface area contributed by atoms with Crippen LogP contribution < -0.4 is 5.48 Å². The van der Waals surface area contributed by atoms with E-state index >= 15 is 0 Å². The van der Waals surface area contributed by atoms with Crippen molar-refractivity contribution in [1.29, 1.82) is 0 Å². The first-order chi connectivity index (χ1) is 6.24. The van der Waals surface area contributed by atoms with Crippen molar-refractivity contribution < 1.29 is 19.5 Å². The van der Waals surface area contributed by atoms with Gasteiger partial charge in [-0.1, -0.05) is 0 Å². The van der Waals surface area contributed by atoms with Crippen LogP contribution in [0.15, 0.2) is 24.5 Å². The molecule has 0 bridgehead atoms. The van der Waals surface area contributed by atoms with Crippen LogP contribution in [0.25, 0.3) is 0 Å². The van der Waals surface area contributed by atoms with Gasteiger partial charge in [0.25, 0.3) is 0 Å². The molecule has 0 aliphatic rings. The predicted molar refractivity (Wildman–Crippen MR) is 40.0 cm³/mol. The van der Waals surface area contributed by atoms with Crippen molar-refractivity contribution in [2.24, 2.45) is 0 Å². The molecule has 1 aromatic rings. The van der Waals surface area contributed by atoms with Crippen LogP contribution in [0.2, 0.25) is 0 Å². The van der Waals surface area contributed by atoms with Crippen LogP contribution >= 0.6 is 0 Å². The lowest BCUT2D eigenvalue weighted by atomic mass is 10.3. The van der Waals surface area contributed by atoms with Crippen molar-refractivity contribution in [1.82, 2.24) is 10.5 Å². The zero-order chi connectivity index (χ0) is 9.68. The number of esters is 1. The van der Waals surface area contributed by atoms with Gasteiger partial charge < -0.3 is 4.74 Å². The molecule has 0 radical (unpaired) electrons. The molecule has 13 heavy (non-hydrogen) atoms. The molecule has 0 saturated heterocycles. The van der Waals surface area contributed by atoms with Crippen molar-refractivity contribution in [2.45, 2.75) is 0 Å². The van der Waals surface area contributed by atoms with E-state index in [1.807, 2.05) is 0 Å². The molecule has 0 atom stereocenters. The monoisotopic (exact) mass is 182 g/mol. The summed E-state index contributed by atoms with van der Waals surface area (Å²) in [5.74, 6) is -0.875. The Morgan fingerprint density at radius 1 is 1.54 bits per heavy atom. The fraction of sp³-hybridized carbons (Fsp3) is 0. The van der Waals surface area contributed by atoms with E-state index in [9.17, 15) is 9.59 Å². The first-order valence-corrected chi connectivity index (χ1v) is 3.30. The van der Waals surface area contributed by atoms with Crippen molar-refractivity contribution in [3.8, 4) is 0 Å². The summed E-state index contributed by atoms with van der Waals surface area (Å²) in [5, 5.41) is 8.04. The lowest BCUT2D eigenvalue weighted by Crippen LogP contribution is -2.23. The van der Waals surface area contributed by atoms with Gasteiger partial charge in [-0.2, -0.15) is 0 Å². The Hall–Kier alpha value is -1.95. The normalized spacial score (nSPS) is 9.00. The smallest absolute Gasteiger partial charge is 0.371 e. The maximum atomic E-state index is 11.0. The number of pyridine rings is 1. The van der Waals surface area contributed by atoms with E-state index in [4.69, 9.17) is 5.21 Å². The van der Waals surface area contributed by atoms with Gasteiger partial charge in [-0.05, 0) is 12.1 Å². The van der Waals surface area contributed by atoms with E-state index < -0.39 is 12.1 Å². The number of hydrogen-bond donors (Lipinski definition) is 2. The van der Waals surface area contributed by atoms with Crippen LogP contribution in [0.4, 0.5) is 4.79 Å². The molecular weight excluding hydrogens is 176 g/mol. The number of rotatable bonds is 1. The highest BCUT2D eigenvalue weighted by Gasteiger charge is 2.11. The lowest BCUT2D eigenvalue weighted by Gasteiger charge is -1.99. The SMILES string of the molecule is O=C(NO)OC(=O)c1cccnc1. The fourth-order valence-corrected chi connectivity index (χ4v) is 0.649. The molecule has 6 heteroatoms. The minimum Gasteiger partial charge on any atom is -0.371 e. The zero-order valence-corrected chi connectivity index (χ0v) is 6.43. The number of ether oxygens (including phenoxy) is 1. The standard InChI is InChI=1S/C7H6N2O4/c10-6(13-7(11)9-12)5-2-1-3-8-4-5/h1-4,12H,(H,9,11). The maximum Gasteiger partial charge on any atom is 0.439 e. The molecule has 1 aromatic heterocycles. The Morgan fingerprint density at radius 2 is 2.31 bits per heavy atom. The summed E-state index contributed by atoms with van der Waals surface area (Å²) in [6, 6.07) is 2.95. The second kappa shape index (κ2) is 4.17. The van der Waals surface area contributed by atoms with Crippen LogP contribution in [-0.2, 0) is 4.74 Å². The molecule has 0 saturated carbocycles. The molecule has 0 aliphatic carbocycles. The Kier molecular flexibility index (Phi) is 2.93. The summed E-state index contributed by atoms with van der Waals surface area (Å²) in [4.78, 5) is 25.0. The molecule has 2 N–H and O–H groups in total. The highest BCUT2D eigenvalue weighted by Crippen LogP contribution is 1.98. The molecule has 6 nitrogen and oxygen atoms in total. The number of nitrogens with one attached hydrogen (secondary N) is 1. The molecule has 0 unspecified atom stereocenters. The van der Waals surface area contributed by atoms with E-state index in [-0.39, 0.29) is 5.56 Å². The molecule has 1 amide bonds. The molecule has 0 fully saturated rings. The number of hydrogen-bond acceptors (Lipinski definition) is 5. The highest BCUT2D eigenvalue weighted by atomic mass is 16.6. The van der Waals surface area contributed by atoms with E-state index in [2.05, 4.69) is 9.72 Å². The number of nitrogens with zero attached hydrogens (tertiary/aromatic N) is 1. The van der Waals surface area contributed by atoms with Gasteiger partial charge in [-0.3, -0.25) is 10.2 Å². The van der Waals surface area contributed by atoms with Crippen molar-refractivity contribution in [3.63, 3.8) is 0 Å². The largest absolute Gasteiger partial charge is 0.439 e. The average Bonchev–Trinajstić information content (AvgIpc) is 2.19. The van der Waals surface area contributed by atoms with Crippen LogP contribution in [-0.4, -0.2) is 22.3 Å². The molecule has 0 aliphatic heterocycles. The van der Waals surface area contributed by atoms with Crippen LogP contribution in [0, 0.1) is 0 Å². The highest BCUT2D eigenvalue weighted by molar-refractivity contribution is 5.95. The third kappa shape index (κ3) is 2.53. The topological polar surface area (TPSA) is 88.5 Å². The zero-order valence-electron chi connectivity index (χ0n) is 6.43. The van der Waals surface area contributed by atoms with Gasteiger partial charge in [-0.15, -0.1) is 0 Å². The lowest BCUT2D eigenvalue weighted by molar-refractivity contribution is 0.0522. The van der Waals surface area contributed by atoms with Gasteiger partial charge >= 0.3 is 12.1 Å². The first kappa shape index (κ1) is 9.14. The van der Waals surface area contributed by atoms with Gasteiger partial charge in [-0.25, -0.2) is 15.1 Å². The summed E-state index contributed by atoms with van der Waals surface area (Å²) in [6.07, 6.45) is 1.49. The molecule has 1 rings (SSSR count). The van der Waals surface area contributed by atoms with Crippen molar-refractivity contribution in [2.75, 3.05) is 0 Å². The molecular formula is C7H6N2O4. The maximum absolute atomic E-state index is 11.0. The average molecular weight is 182 g/mol. The second-order valence-corrected chi connectivity index (χ2v) is 2.03. The molecule has 0 aromatic carbocycles. The Bertz CT molecular complexity index is 312. The third-order valence-electron chi connectivity index (χ3n) is 1.17. The van der Waals surface area contributed by atoms with Crippen LogP contribution in [0.1, 0.15) is 10.4 Å². The van der Waals surface area contributed by atoms with Crippen LogP contribution in [0.3, 0.4) is 0 Å². The number of hydroxylamine groups is 1. The van der Waals surface area contributed by atoms with Gasteiger partial charge in [0, 0.05) is 12.4 Å². The number of amides is 1. The number of carbonyl (C=O) groups excluding carboxylic acids is 2. The summed E-state index contributed by atoms with van der Waals surface area (Å²) < 4.78 is 4.11. The minimum atomic E-state index is -1.23. The number of carbonyl (C=O) groups is 2. The van der Waals surface area contributed by atoms with Crippen LogP contribution in [0.5, 0.6) is 0 Å². The third-order valence-corrected chi connectivity index (χ3v) is 1.17. The summed E-state index contributed by atoms with van der Waals surface area (Å²) in [7, 11) is 0. The number of aromatic nitrogens is 1. The van der Waals surface area contributed by atoms with E-state index in [1.165, 1.54) is 24.5 Å². The van der Waals surface area contributed by atoms with E-state index in [1.54, 1.807) is 0 Å². The first-order valence-electron chi connectivity index (χ1n) is 3.30. The van der Waals surface area contributed by atoms with Crippen molar-refractivity contribution in [3.05, 3.63) is 30.1 Å². The predicted octanol–water partition coefficient (Wildman–Crippen LogP) is 0.337. The molecule has 0 spiro atoms. The Morgan fingerprint density at radius 3 is 2.85 bits per heavy atom. The fourth-order valence-electron chi connectivity index (χ4n) is 0.649. The summed E-state index contributed by atoms with van der Waals surface area (Å²) in [6.45, 7) is 0.